The van der Waals surface area contributed by atoms with Crippen molar-refractivity contribution in [3.63, 3.8) is 0 Å². The Balaban J connectivity index is 2.22. The molecular formula is C23H25F6N3OS. The normalized spacial score (nSPS) is 19.7. The van der Waals surface area contributed by atoms with Gasteiger partial charge in [0.05, 0.1) is 23.2 Å². The molecule has 1 fully saturated rings. The molecule has 0 radical (unpaired) electrons. The molecule has 2 unspecified atom stereocenters. The zero-order valence-corrected chi connectivity index (χ0v) is 19.1. The van der Waals surface area contributed by atoms with Gasteiger partial charge in [0, 0.05) is 35.2 Å². The van der Waals surface area contributed by atoms with Crippen LogP contribution in [0.1, 0.15) is 36.1 Å². The average Bonchev–Trinajstić information content (AvgIpc) is 2.73. The molecule has 1 heterocycles. The number of nitrogens with two attached hydrogens (primary N) is 1. The number of rotatable bonds is 6. The zero-order chi connectivity index (χ0) is 25.1. The van der Waals surface area contributed by atoms with Crippen LogP contribution < -0.4 is 11.1 Å². The van der Waals surface area contributed by atoms with E-state index in [4.69, 9.17) is 5.73 Å². The van der Waals surface area contributed by atoms with Gasteiger partial charge in [-0.1, -0.05) is 30.0 Å². The molecule has 3 rings (SSSR count). The fourth-order valence-electron chi connectivity index (χ4n) is 4.24. The number of halogens is 6. The minimum absolute atomic E-state index is 0.0838. The molecule has 1 aliphatic heterocycles. The van der Waals surface area contributed by atoms with Crippen LogP contribution in [0, 0.1) is 0 Å². The van der Waals surface area contributed by atoms with Crippen LogP contribution in [0.2, 0.25) is 0 Å². The number of aliphatic hydroxyl groups is 1. The first-order valence-electron chi connectivity index (χ1n) is 10.5. The number of nitrogens with one attached hydrogen (secondary N) is 1. The predicted molar refractivity (Wildman–Crippen MR) is 119 cm³/mol. The van der Waals surface area contributed by atoms with Gasteiger partial charge < -0.3 is 21.1 Å². The number of nitrogens with zero attached hydrogens (tertiary/aromatic N) is 1. The van der Waals surface area contributed by atoms with Gasteiger partial charge in [0.1, 0.15) is 0 Å². The number of hydrogen-bond acceptors (Lipinski definition) is 5. The molecule has 0 spiro atoms. The summed E-state index contributed by atoms with van der Waals surface area (Å²) >= 11 is 0.579. The Kier molecular flexibility index (Phi) is 8.10. The van der Waals surface area contributed by atoms with Gasteiger partial charge in [-0.25, -0.2) is 0 Å². The highest BCUT2D eigenvalue weighted by Gasteiger charge is 2.48. The fourth-order valence-corrected chi connectivity index (χ4v) is 5.29. The van der Waals surface area contributed by atoms with E-state index in [-0.39, 0.29) is 25.3 Å². The zero-order valence-electron chi connectivity index (χ0n) is 18.2. The van der Waals surface area contributed by atoms with Gasteiger partial charge in [-0.2, -0.15) is 26.3 Å². The van der Waals surface area contributed by atoms with Gasteiger partial charge in [0.25, 0.3) is 0 Å². The molecule has 0 amide bonds. The second-order valence-electron chi connectivity index (χ2n) is 7.80. The highest BCUT2D eigenvalue weighted by molar-refractivity contribution is 7.99. The summed E-state index contributed by atoms with van der Waals surface area (Å²) in [5, 5.41) is 12.5. The summed E-state index contributed by atoms with van der Waals surface area (Å²) in [6.07, 6.45) is -7.06. The van der Waals surface area contributed by atoms with Crippen molar-refractivity contribution >= 4 is 17.4 Å². The summed E-state index contributed by atoms with van der Waals surface area (Å²) in [5.41, 5.74) is 2.04. The van der Waals surface area contributed by atoms with Gasteiger partial charge >= 0.3 is 12.4 Å². The number of alkyl halides is 6. The first-order valence-corrected chi connectivity index (χ1v) is 11.4. The van der Waals surface area contributed by atoms with Gasteiger partial charge in [0.2, 0.25) is 0 Å². The predicted octanol–water partition coefficient (Wildman–Crippen LogP) is 5.69. The van der Waals surface area contributed by atoms with Crippen molar-refractivity contribution in [2.45, 2.75) is 47.6 Å². The van der Waals surface area contributed by atoms with Crippen molar-refractivity contribution in [2.24, 2.45) is 0 Å². The van der Waals surface area contributed by atoms with Crippen molar-refractivity contribution < 1.29 is 31.4 Å². The van der Waals surface area contributed by atoms with Gasteiger partial charge in [0.15, 0.2) is 0 Å². The largest absolute Gasteiger partial charge is 0.418 e. The Bertz CT molecular complexity index is 1020. The van der Waals surface area contributed by atoms with Crippen LogP contribution in [0.25, 0.3) is 0 Å². The SMILES string of the molecule is CC=CN1CCNC(c2ccc(Sc3cccc(N)c3)c(C(F)(F)F)c2C(F)(F)F)C1CCO. The van der Waals surface area contributed by atoms with Crippen molar-refractivity contribution in [2.75, 3.05) is 25.4 Å². The molecule has 11 heteroatoms. The molecule has 2 aromatic carbocycles. The third kappa shape index (κ3) is 5.81. The summed E-state index contributed by atoms with van der Waals surface area (Å²) < 4.78 is 85.5. The first-order chi connectivity index (χ1) is 16.0. The lowest BCUT2D eigenvalue weighted by Gasteiger charge is -2.42. The minimum Gasteiger partial charge on any atom is -0.399 e. The molecule has 4 N–H and O–H groups in total. The van der Waals surface area contributed by atoms with Gasteiger partial charge in [-0.15, -0.1) is 0 Å². The molecule has 0 aromatic heterocycles. The maximum absolute atomic E-state index is 14.3. The first kappa shape index (κ1) is 26.2. The van der Waals surface area contributed by atoms with E-state index < -0.39 is 46.0 Å². The van der Waals surface area contributed by atoms with Crippen LogP contribution in [0.4, 0.5) is 32.0 Å². The van der Waals surface area contributed by atoms with E-state index in [0.717, 1.165) is 12.1 Å². The second-order valence-corrected chi connectivity index (χ2v) is 8.92. The summed E-state index contributed by atoms with van der Waals surface area (Å²) in [7, 11) is 0. The second kappa shape index (κ2) is 10.5. The Morgan fingerprint density at radius 1 is 1.12 bits per heavy atom. The molecular weight excluding hydrogens is 480 g/mol. The summed E-state index contributed by atoms with van der Waals surface area (Å²) in [6.45, 7) is 2.13. The van der Waals surface area contributed by atoms with Crippen LogP contribution in [0.3, 0.4) is 0 Å². The Labute approximate surface area is 197 Å². The standard InChI is InChI=1S/C23H25F6N3OS/c1-2-10-32-11-9-31-21(17(32)8-12-33)16-6-7-18(34-15-5-3-4-14(30)13-15)20(23(27,28)29)19(16)22(24,25)26/h2-7,10,13,17,21,31,33H,8-9,11-12,30H2,1H3. The quantitative estimate of drug-likeness (QED) is 0.348. The molecule has 2 aromatic rings. The summed E-state index contributed by atoms with van der Waals surface area (Å²) in [4.78, 5) is 1.48. The monoisotopic (exact) mass is 505 g/mol. The molecule has 4 nitrogen and oxygen atoms in total. The van der Waals surface area contributed by atoms with Crippen molar-refractivity contribution in [1.82, 2.24) is 10.2 Å². The van der Waals surface area contributed by atoms with E-state index in [1.165, 1.54) is 24.3 Å². The molecule has 1 saturated heterocycles. The highest BCUT2D eigenvalue weighted by atomic mass is 32.2. The van der Waals surface area contributed by atoms with Crippen LogP contribution in [-0.2, 0) is 12.4 Å². The maximum Gasteiger partial charge on any atom is 0.418 e. The lowest BCUT2D eigenvalue weighted by Crippen LogP contribution is -2.51. The number of nitrogen functional groups attached to an aromatic ring is 1. The van der Waals surface area contributed by atoms with Crippen LogP contribution >= 0.6 is 11.8 Å². The van der Waals surface area contributed by atoms with Crippen molar-refractivity contribution in [3.05, 3.63) is 65.4 Å². The van der Waals surface area contributed by atoms with E-state index in [1.54, 1.807) is 24.1 Å². The smallest absolute Gasteiger partial charge is 0.399 e. The lowest BCUT2D eigenvalue weighted by atomic mass is 9.87. The van der Waals surface area contributed by atoms with E-state index in [0.29, 0.717) is 23.2 Å². The molecule has 34 heavy (non-hydrogen) atoms. The summed E-state index contributed by atoms with van der Waals surface area (Å²) in [5.74, 6) is 0. The van der Waals surface area contributed by atoms with E-state index in [2.05, 4.69) is 5.32 Å². The van der Waals surface area contributed by atoms with Gasteiger partial charge in [-0.3, -0.25) is 0 Å². The average molecular weight is 506 g/mol. The Morgan fingerprint density at radius 2 is 1.82 bits per heavy atom. The van der Waals surface area contributed by atoms with Crippen LogP contribution in [0.15, 0.2) is 58.5 Å². The fraction of sp³-hybridized carbons (Fsp3) is 0.391. The van der Waals surface area contributed by atoms with Crippen molar-refractivity contribution in [1.29, 1.82) is 0 Å². The number of allylic oxidation sites excluding steroid dienone is 1. The molecule has 186 valence electrons. The highest BCUT2D eigenvalue weighted by Crippen LogP contribution is 2.49. The van der Waals surface area contributed by atoms with E-state index in [1.807, 2.05) is 0 Å². The van der Waals surface area contributed by atoms with Crippen LogP contribution in [-0.4, -0.2) is 35.7 Å². The molecule has 1 aliphatic rings. The molecule has 0 saturated carbocycles. The number of hydrogen-bond donors (Lipinski definition) is 3. The van der Waals surface area contributed by atoms with E-state index in [9.17, 15) is 31.4 Å². The summed E-state index contributed by atoms with van der Waals surface area (Å²) in [6, 6.07) is 6.39. The minimum atomic E-state index is -5.26. The number of anilines is 1. The number of aliphatic hydroxyl groups excluding tert-OH is 1. The molecule has 2 atom stereocenters. The molecule has 0 bridgehead atoms. The maximum atomic E-state index is 14.3. The van der Waals surface area contributed by atoms with Crippen LogP contribution in [0.5, 0.6) is 0 Å². The topological polar surface area (TPSA) is 61.5 Å². The third-order valence-corrected chi connectivity index (χ3v) is 6.55. The third-order valence-electron chi connectivity index (χ3n) is 5.50. The van der Waals surface area contributed by atoms with E-state index >= 15 is 0 Å². The number of benzene rings is 2. The van der Waals surface area contributed by atoms with Gasteiger partial charge in [-0.05, 0) is 49.4 Å². The Morgan fingerprint density at radius 3 is 2.41 bits per heavy atom. The molecule has 0 aliphatic carbocycles. The lowest BCUT2D eigenvalue weighted by molar-refractivity contribution is -0.164. The number of piperazine rings is 1. The van der Waals surface area contributed by atoms with Crippen molar-refractivity contribution in [3.8, 4) is 0 Å². The Hall–Kier alpha value is -2.37.